The van der Waals surface area contributed by atoms with Gasteiger partial charge in [0.25, 0.3) is 0 Å². The van der Waals surface area contributed by atoms with Crippen LogP contribution in [-0.4, -0.2) is 62.3 Å². The summed E-state index contributed by atoms with van der Waals surface area (Å²) in [5, 5.41) is 21.9. The van der Waals surface area contributed by atoms with Gasteiger partial charge in [0, 0.05) is 26.2 Å². The van der Waals surface area contributed by atoms with Gasteiger partial charge < -0.3 is 25.0 Å². The Morgan fingerprint density at radius 3 is 2.35 bits per heavy atom. The van der Waals surface area contributed by atoms with Gasteiger partial charge in [-0.25, -0.2) is 0 Å². The SMILES string of the molecule is COCC(=O)NCC1(COC)CC(O)C(O)C1. The Morgan fingerprint density at radius 2 is 1.88 bits per heavy atom. The first kappa shape index (κ1) is 14.4. The quantitative estimate of drug-likeness (QED) is 0.554. The van der Waals surface area contributed by atoms with Crippen molar-refractivity contribution in [1.29, 1.82) is 0 Å². The molecule has 1 aliphatic rings. The lowest BCUT2D eigenvalue weighted by Crippen LogP contribution is -2.40. The van der Waals surface area contributed by atoms with Crippen LogP contribution in [0.5, 0.6) is 0 Å². The maximum Gasteiger partial charge on any atom is 0.246 e. The first-order valence-corrected chi connectivity index (χ1v) is 5.64. The Morgan fingerprint density at radius 1 is 1.29 bits per heavy atom. The minimum Gasteiger partial charge on any atom is -0.390 e. The third-order valence-corrected chi connectivity index (χ3v) is 3.11. The zero-order valence-electron chi connectivity index (χ0n) is 10.3. The van der Waals surface area contributed by atoms with Crippen LogP contribution < -0.4 is 5.32 Å². The molecule has 0 radical (unpaired) electrons. The number of methoxy groups -OCH3 is 2. The van der Waals surface area contributed by atoms with E-state index in [0.29, 0.717) is 26.0 Å². The van der Waals surface area contributed by atoms with Crippen molar-refractivity contribution in [2.45, 2.75) is 25.0 Å². The number of aliphatic hydroxyl groups is 2. The van der Waals surface area contributed by atoms with Crippen LogP contribution in [0.2, 0.25) is 0 Å². The van der Waals surface area contributed by atoms with Gasteiger partial charge >= 0.3 is 0 Å². The molecule has 0 aromatic rings. The predicted molar refractivity (Wildman–Crippen MR) is 60.4 cm³/mol. The van der Waals surface area contributed by atoms with E-state index in [0.717, 1.165) is 0 Å². The highest BCUT2D eigenvalue weighted by atomic mass is 16.5. The van der Waals surface area contributed by atoms with E-state index in [4.69, 9.17) is 9.47 Å². The summed E-state index contributed by atoms with van der Waals surface area (Å²) in [6.07, 6.45) is -0.640. The topological polar surface area (TPSA) is 88.0 Å². The second-order valence-electron chi connectivity index (χ2n) is 4.69. The van der Waals surface area contributed by atoms with Crippen molar-refractivity contribution < 1.29 is 24.5 Å². The molecule has 0 saturated heterocycles. The van der Waals surface area contributed by atoms with E-state index in [-0.39, 0.29) is 12.5 Å². The molecule has 0 aliphatic heterocycles. The molecule has 6 heteroatoms. The molecule has 0 spiro atoms. The fraction of sp³-hybridized carbons (Fsp3) is 0.909. The van der Waals surface area contributed by atoms with Gasteiger partial charge in [0.2, 0.25) is 5.91 Å². The maximum atomic E-state index is 11.3. The van der Waals surface area contributed by atoms with Crippen molar-refractivity contribution in [3.05, 3.63) is 0 Å². The van der Waals surface area contributed by atoms with E-state index < -0.39 is 17.6 Å². The largest absolute Gasteiger partial charge is 0.390 e. The van der Waals surface area contributed by atoms with Crippen LogP contribution in [0, 0.1) is 5.41 Å². The molecule has 1 amide bonds. The summed E-state index contributed by atoms with van der Waals surface area (Å²) in [4.78, 5) is 11.3. The zero-order chi connectivity index (χ0) is 12.9. The molecular formula is C11H21NO5. The Bertz CT molecular complexity index is 248. The highest BCUT2D eigenvalue weighted by Gasteiger charge is 2.44. The van der Waals surface area contributed by atoms with Crippen LogP contribution in [0.1, 0.15) is 12.8 Å². The summed E-state index contributed by atoms with van der Waals surface area (Å²) in [6, 6.07) is 0. The Kier molecular flexibility index (Phi) is 5.32. The summed E-state index contributed by atoms with van der Waals surface area (Å²) in [5.74, 6) is -0.209. The fourth-order valence-electron chi connectivity index (χ4n) is 2.33. The molecule has 1 rings (SSSR count). The number of ether oxygens (including phenoxy) is 2. The second-order valence-corrected chi connectivity index (χ2v) is 4.69. The monoisotopic (exact) mass is 247 g/mol. The van der Waals surface area contributed by atoms with Gasteiger partial charge in [0.05, 0.1) is 18.8 Å². The highest BCUT2D eigenvalue weighted by molar-refractivity contribution is 5.77. The summed E-state index contributed by atoms with van der Waals surface area (Å²) < 4.78 is 9.83. The van der Waals surface area contributed by atoms with Gasteiger partial charge in [-0.1, -0.05) is 0 Å². The van der Waals surface area contributed by atoms with Crippen molar-refractivity contribution in [3.8, 4) is 0 Å². The van der Waals surface area contributed by atoms with Crippen LogP contribution in [0.4, 0.5) is 0 Å². The lowest BCUT2D eigenvalue weighted by molar-refractivity contribution is -0.125. The van der Waals surface area contributed by atoms with Crippen molar-refractivity contribution in [2.75, 3.05) is 34.0 Å². The van der Waals surface area contributed by atoms with E-state index in [1.165, 1.54) is 7.11 Å². The summed E-state index contributed by atoms with van der Waals surface area (Å²) in [6.45, 7) is 0.777. The molecule has 0 heterocycles. The third-order valence-electron chi connectivity index (χ3n) is 3.11. The number of hydrogen-bond acceptors (Lipinski definition) is 5. The molecule has 17 heavy (non-hydrogen) atoms. The molecule has 1 fully saturated rings. The first-order chi connectivity index (χ1) is 8.03. The van der Waals surface area contributed by atoms with Gasteiger partial charge in [0.15, 0.2) is 0 Å². The summed E-state index contributed by atoms with van der Waals surface area (Å²) >= 11 is 0. The van der Waals surface area contributed by atoms with Crippen molar-refractivity contribution >= 4 is 5.91 Å². The Balaban J connectivity index is 2.52. The molecule has 1 aliphatic carbocycles. The smallest absolute Gasteiger partial charge is 0.246 e. The van der Waals surface area contributed by atoms with Crippen LogP contribution >= 0.6 is 0 Å². The lowest BCUT2D eigenvalue weighted by atomic mass is 9.86. The van der Waals surface area contributed by atoms with Crippen molar-refractivity contribution in [1.82, 2.24) is 5.32 Å². The predicted octanol–water partition coefficient (Wildman–Crippen LogP) is -1.10. The number of carbonyl (C=O) groups excluding carboxylic acids is 1. The standard InChI is InChI=1S/C11H21NO5/c1-16-5-10(15)12-6-11(7-17-2)3-8(13)9(14)4-11/h8-9,13-14H,3-7H2,1-2H3,(H,12,15). The number of hydrogen-bond donors (Lipinski definition) is 3. The average molecular weight is 247 g/mol. The van der Waals surface area contributed by atoms with E-state index in [1.54, 1.807) is 7.11 Å². The van der Waals surface area contributed by atoms with Gasteiger partial charge in [-0.3, -0.25) is 4.79 Å². The fourth-order valence-corrected chi connectivity index (χ4v) is 2.33. The molecule has 2 atom stereocenters. The van der Waals surface area contributed by atoms with Gasteiger partial charge in [0.1, 0.15) is 6.61 Å². The van der Waals surface area contributed by atoms with E-state index in [9.17, 15) is 15.0 Å². The molecule has 0 bridgehead atoms. The molecule has 6 nitrogen and oxygen atoms in total. The summed E-state index contributed by atoms with van der Waals surface area (Å²) in [5.41, 5.74) is -0.392. The molecule has 2 unspecified atom stereocenters. The number of aliphatic hydroxyl groups excluding tert-OH is 2. The minimum atomic E-state index is -0.746. The second kappa shape index (κ2) is 6.30. The first-order valence-electron chi connectivity index (χ1n) is 5.64. The minimum absolute atomic E-state index is 0.00810. The Labute approximate surface area is 101 Å². The molecule has 1 saturated carbocycles. The van der Waals surface area contributed by atoms with Crippen LogP contribution in [0.15, 0.2) is 0 Å². The van der Waals surface area contributed by atoms with Gasteiger partial charge in [-0.2, -0.15) is 0 Å². The van der Waals surface area contributed by atoms with Gasteiger partial charge in [-0.15, -0.1) is 0 Å². The summed E-state index contributed by atoms with van der Waals surface area (Å²) in [7, 11) is 3.02. The van der Waals surface area contributed by atoms with E-state index in [1.807, 2.05) is 0 Å². The van der Waals surface area contributed by atoms with Crippen LogP contribution in [0.25, 0.3) is 0 Å². The van der Waals surface area contributed by atoms with Crippen LogP contribution in [-0.2, 0) is 14.3 Å². The molecule has 100 valence electrons. The number of amides is 1. The van der Waals surface area contributed by atoms with Gasteiger partial charge in [-0.05, 0) is 12.8 Å². The van der Waals surface area contributed by atoms with E-state index >= 15 is 0 Å². The number of rotatable bonds is 6. The Hall–Kier alpha value is -0.690. The van der Waals surface area contributed by atoms with E-state index in [2.05, 4.69) is 5.32 Å². The third kappa shape index (κ3) is 3.92. The van der Waals surface area contributed by atoms with Crippen LogP contribution in [0.3, 0.4) is 0 Å². The van der Waals surface area contributed by atoms with Crippen molar-refractivity contribution in [3.63, 3.8) is 0 Å². The lowest BCUT2D eigenvalue weighted by Gasteiger charge is -2.28. The average Bonchev–Trinajstić information content (AvgIpc) is 2.53. The molecule has 0 aromatic heterocycles. The number of nitrogens with one attached hydrogen (secondary N) is 1. The number of carbonyl (C=O) groups is 1. The molecular weight excluding hydrogens is 226 g/mol. The molecule has 3 N–H and O–H groups in total. The maximum absolute atomic E-state index is 11.3. The normalized spacial score (nSPS) is 32.7. The highest BCUT2D eigenvalue weighted by Crippen LogP contribution is 2.38. The molecule has 0 aromatic carbocycles. The zero-order valence-corrected chi connectivity index (χ0v) is 10.3. The van der Waals surface area contributed by atoms with Crippen molar-refractivity contribution in [2.24, 2.45) is 5.41 Å².